The first-order valence-corrected chi connectivity index (χ1v) is 8.66. The molecule has 0 aromatic rings. The van der Waals surface area contributed by atoms with Gasteiger partial charge in [-0.1, -0.05) is 0 Å². The fourth-order valence-electron chi connectivity index (χ4n) is 5.82. The number of hydrogen-bond acceptors (Lipinski definition) is 2. The van der Waals surface area contributed by atoms with Crippen LogP contribution in [0.1, 0.15) is 57.8 Å². The predicted octanol–water partition coefficient (Wildman–Crippen LogP) is 3.36. The number of nitrogens with one attached hydrogen (secondary N) is 1. The molecule has 19 heavy (non-hydrogen) atoms. The zero-order chi connectivity index (χ0) is 12.7. The van der Waals surface area contributed by atoms with Crippen LogP contribution < -0.4 is 5.32 Å². The smallest absolute Gasteiger partial charge is 0.0690 e. The molecule has 1 saturated heterocycles. The van der Waals surface area contributed by atoms with E-state index in [4.69, 9.17) is 4.74 Å². The predicted molar refractivity (Wildman–Crippen MR) is 77.1 cm³/mol. The lowest BCUT2D eigenvalue weighted by Gasteiger charge is -2.56. The van der Waals surface area contributed by atoms with E-state index in [9.17, 15) is 0 Å². The van der Waals surface area contributed by atoms with Crippen LogP contribution in [0.2, 0.25) is 0 Å². The molecule has 5 rings (SSSR count). The van der Waals surface area contributed by atoms with E-state index in [1.54, 1.807) is 0 Å². The standard InChI is InChI=1S/C17H29NO/c1-4-18-5-2-13(1)3-6-19-17-10-14-7-15(11-17)9-16(8-14)12-17/h13-16,18H,1-12H2. The summed E-state index contributed by atoms with van der Waals surface area (Å²) in [5, 5.41) is 3.46. The summed E-state index contributed by atoms with van der Waals surface area (Å²) in [5.41, 5.74) is 0.335. The summed E-state index contributed by atoms with van der Waals surface area (Å²) < 4.78 is 6.52. The molecule has 1 N–H and O–H groups in total. The number of rotatable bonds is 4. The Morgan fingerprint density at radius 3 is 2.05 bits per heavy atom. The minimum Gasteiger partial charge on any atom is -0.375 e. The van der Waals surface area contributed by atoms with Gasteiger partial charge in [0.15, 0.2) is 0 Å². The van der Waals surface area contributed by atoms with Gasteiger partial charge < -0.3 is 10.1 Å². The first-order valence-electron chi connectivity index (χ1n) is 8.66. The topological polar surface area (TPSA) is 21.3 Å². The van der Waals surface area contributed by atoms with E-state index in [1.165, 1.54) is 70.9 Å². The van der Waals surface area contributed by atoms with Crippen molar-refractivity contribution in [1.82, 2.24) is 5.32 Å². The Balaban J connectivity index is 1.30. The summed E-state index contributed by atoms with van der Waals surface area (Å²) in [6.45, 7) is 3.49. The van der Waals surface area contributed by atoms with Crippen LogP contribution in [0.25, 0.3) is 0 Å². The largest absolute Gasteiger partial charge is 0.375 e. The molecule has 4 saturated carbocycles. The third kappa shape index (κ3) is 2.58. The van der Waals surface area contributed by atoms with Gasteiger partial charge in [-0.05, 0) is 94.5 Å². The number of hydrogen-bond donors (Lipinski definition) is 1. The monoisotopic (exact) mass is 263 g/mol. The fraction of sp³-hybridized carbons (Fsp3) is 1.00. The molecule has 2 heteroatoms. The molecule has 0 spiro atoms. The molecule has 0 aromatic carbocycles. The average molecular weight is 263 g/mol. The van der Waals surface area contributed by atoms with Gasteiger partial charge in [0.2, 0.25) is 0 Å². The van der Waals surface area contributed by atoms with Gasteiger partial charge in [0.1, 0.15) is 0 Å². The van der Waals surface area contributed by atoms with E-state index >= 15 is 0 Å². The van der Waals surface area contributed by atoms with E-state index in [0.29, 0.717) is 5.60 Å². The van der Waals surface area contributed by atoms with Gasteiger partial charge in [-0.3, -0.25) is 0 Å². The molecule has 0 aromatic heterocycles. The zero-order valence-corrected chi connectivity index (χ0v) is 12.2. The SMILES string of the molecule is C1CC(CCOC23CC4CC(CC(C4)C2)C3)CCN1. The highest BCUT2D eigenvalue weighted by molar-refractivity contribution is 5.03. The molecular formula is C17H29NO. The maximum Gasteiger partial charge on any atom is 0.0690 e. The molecule has 0 atom stereocenters. The van der Waals surface area contributed by atoms with Gasteiger partial charge in [-0.15, -0.1) is 0 Å². The van der Waals surface area contributed by atoms with E-state index < -0.39 is 0 Å². The van der Waals surface area contributed by atoms with Gasteiger partial charge in [-0.2, -0.15) is 0 Å². The maximum absolute atomic E-state index is 6.52. The number of ether oxygens (including phenoxy) is 1. The van der Waals surface area contributed by atoms with Crippen molar-refractivity contribution in [3.8, 4) is 0 Å². The molecule has 0 amide bonds. The Morgan fingerprint density at radius 2 is 1.47 bits per heavy atom. The van der Waals surface area contributed by atoms with Crippen molar-refractivity contribution in [2.24, 2.45) is 23.7 Å². The van der Waals surface area contributed by atoms with Crippen LogP contribution in [0.5, 0.6) is 0 Å². The molecule has 5 fully saturated rings. The minimum atomic E-state index is 0.335. The second-order valence-corrected chi connectivity index (χ2v) is 7.93. The van der Waals surface area contributed by atoms with Crippen molar-refractivity contribution < 1.29 is 4.74 Å². The molecule has 108 valence electrons. The highest BCUT2D eigenvalue weighted by Crippen LogP contribution is 2.57. The van der Waals surface area contributed by atoms with Gasteiger partial charge >= 0.3 is 0 Å². The van der Waals surface area contributed by atoms with Crippen molar-refractivity contribution >= 4 is 0 Å². The fourth-order valence-corrected chi connectivity index (χ4v) is 5.82. The first-order chi connectivity index (χ1) is 9.31. The summed E-state index contributed by atoms with van der Waals surface area (Å²) >= 11 is 0. The Labute approximate surface area is 117 Å². The van der Waals surface area contributed by atoms with Crippen LogP contribution in [-0.4, -0.2) is 25.3 Å². The molecule has 0 unspecified atom stereocenters. The lowest BCUT2D eigenvalue weighted by Crippen LogP contribution is -2.52. The van der Waals surface area contributed by atoms with Crippen LogP contribution in [-0.2, 0) is 4.74 Å². The Morgan fingerprint density at radius 1 is 0.895 bits per heavy atom. The van der Waals surface area contributed by atoms with E-state index in [0.717, 1.165) is 30.3 Å². The molecule has 5 aliphatic rings. The third-order valence-electron chi connectivity index (χ3n) is 6.38. The Bertz CT molecular complexity index is 286. The van der Waals surface area contributed by atoms with Gasteiger partial charge in [0.05, 0.1) is 5.60 Å². The summed E-state index contributed by atoms with van der Waals surface area (Å²) in [6, 6.07) is 0. The van der Waals surface area contributed by atoms with Crippen LogP contribution >= 0.6 is 0 Å². The normalized spacial score (nSPS) is 45.8. The van der Waals surface area contributed by atoms with Crippen LogP contribution in [0, 0.1) is 23.7 Å². The molecule has 0 radical (unpaired) electrons. The quantitative estimate of drug-likeness (QED) is 0.840. The molecule has 1 heterocycles. The van der Waals surface area contributed by atoms with Crippen molar-refractivity contribution in [2.75, 3.05) is 19.7 Å². The molecule has 1 aliphatic heterocycles. The lowest BCUT2D eigenvalue weighted by atomic mass is 9.54. The van der Waals surface area contributed by atoms with Crippen molar-refractivity contribution in [2.45, 2.75) is 63.4 Å². The van der Waals surface area contributed by atoms with E-state index in [1.807, 2.05) is 0 Å². The third-order valence-corrected chi connectivity index (χ3v) is 6.38. The minimum absolute atomic E-state index is 0.335. The second kappa shape index (κ2) is 5.04. The van der Waals surface area contributed by atoms with Crippen molar-refractivity contribution in [3.05, 3.63) is 0 Å². The van der Waals surface area contributed by atoms with Gasteiger partial charge in [0.25, 0.3) is 0 Å². The molecule has 4 aliphatic carbocycles. The molecule has 4 bridgehead atoms. The van der Waals surface area contributed by atoms with Gasteiger partial charge in [0, 0.05) is 6.61 Å². The number of piperidine rings is 1. The second-order valence-electron chi connectivity index (χ2n) is 7.93. The highest BCUT2D eigenvalue weighted by atomic mass is 16.5. The van der Waals surface area contributed by atoms with Gasteiger partial charge in [-0.25, -0.2) is 0 Å². The van der Waals surface area contributed by atoms with E-state index in [-0.39, 0.29) is 0 Å². The molecule has 2 nitrogen and oxygen atoms in total. The van der Waals surface area contributed by atoms with E-state index in [2.05, 4.69) is 5.32 Å². The van der Waals surface area contributed by atoms with Crippen LogP contribution in [0.15, 0.2) is 0 Å². The van der Waals surface area contributed by atoms with Crippen molar-refractivity contribution in [3.63, 3.8) is 0 Å². The summed E-state index contributed by atoms with van der Waals surface area (Å²) in [6.07, 6.45) is 12.8. The summed E-state index contributed by atoms with van der Waals surface area (Å²) in [7, 11) is 0. The van der Waals surface area contributed by atoms with Crippen LogP contribution in [0.3, 0.4) is 0 Å². The molecular weight excluding hydrogens is 234 g/mol. The Hall–Kier alpha value is -0.0800. The zero-order valence-electron chi connectivity index (χ0n) is 12.2. The summed E-state index contributed by atoms with van der Waals surface area (Å²) in [5.74, 6) is 3.98. The first kappa shape index (κ1) is 12.6. The van der Waals surface area contributed by atoms with Crippen LogP contribution in [0.4, 0.5) is 0 Å². The lowest BCUT2D eigenvalue weighted by molar-refractivity contribution is -0.164. The Kier molecular flexibility index (Phi) is 3.35. The summed E-state index contributed by atoms with van der Waals surface area (Å²) in [4.78, 5) is 0. The highest BCUT2D eigenvalue weighted by Gasteiger charge is 2.51. The van der Waals surface area contributed by atoms with Crippen molar-refractivity contribution in [1.29, 1.82) is 0 Å². The maximum atomic E-state index is 6.52. The average Bonchev–Trinajstić information content (AvgIpc) is 2.38.